The van der Waals surface area contributed by atoms with E-state index in [1.54, 1.807) is 11.3 Å². The number of aromatic nitrogens is 2. The molecular formula is C13H12ClN3S. The lowest BCUT2D eigenvalue weighted by Crippen LogP contribution is -2.12. The molecule has 0 saturated carbocycles. The highest BCUT2D eigenvalue weighted by Gasteiger charge is 2.03. The summed E-state index contributed by atoms with van der Waals surface area (Å²) in [5.41, 5.74) is 1.93. The van der Waals surface area contributed by atoms with Crippen LogP contribution in [0, 0.1) is 0 Å². The van der Waals surface area contributed by atoms with Crippen molar-refractivity contribution in [3.63, 3.8) is 0 Å². The fourth-order valence-corrected chi connectivity index (χ4v) is 2.68. The summed E-state index contributed by atoms with van der Waals surface area (Å²) < 4.78 is 0. The van der Waals surface area contributed by atoms with E-state index in [1.807, 2.05) is 18.2 Å². The Hall–Kier alpha value is -1.36. The molecule has 2 heterocycles. The SMILES string of the molecule is Clc1ccc2nc(CNCc3cccs3)[nH]c2c1. The van der Waals surface area contributed by atoms with Gasteiger partial charge >= 0.3 is 0 Å². The molecule has 0 atom stereocenters. The zero-order valence-corrected chi connectivity index (χ0v) is 11.2. The summed E-state index contributed by atoms with van der Waals surface area (Å²) in [6, 6.07) is 9.86. The van der Waals surface area contributed by atoms with Gasteiger partial charge in [-0.15, -0.1) is 11.3 Å². The molecule has 0 aliphatic rings. The van der Waals surface area contributed by atoms with Crippen LogP contribution < -0.4 is 5.32 Å². The van der Waals surface area contributed by atoms with Crippen LogP contribution in [0.2, 0.25) is 5.02 Å². The average molecular weight is 278 g/mol. The van der Waals surface area contributed by atoms with Gasteiger partial charge in [0.1, 0.15) is 5.82 Å². The summed E-state index contributed by atoms with van der Waals surface area (Å²) in [6.07, 6.45) is 0. The van der Waals surface area contributed by atoms with Crippen molar-refractivity contribution in [1.82, 2.24) is 15.3 Å². The Morgan fingerprint density at radius 1 is 1.28 bits per heavy atom. The second kappa shape index (κ2) is 5.10. The smallest absolute Gasteiger partial charge is 0.121 e. The highest BCUT2D eigenvalue weighted by molar-refractivity contribution is 7.09. The number of H-pyrrole nitrogens is 1. The van der Waals surface area contributed by atoms with Crippen LogP contribution in [0.1, 0.15) is 10.7 Å². The second-order valence-corrected chi connectivity index (χ2v) is 5.50. The molecular weight excluding hydrogens is 266 g/mol. The van der Waals surface area contributed by atoms with Gasteiger partial charge in [0, 0.05) is 16.4 Å². The highest BCUT2D eigenvalue weighted by atomic mass is 35.5. The third-order valence-electron chi connectivity index (χ3n) is 2.66. The van der Waals surface area contributed by atoms with Gasteiger partial charge in [-0.05, 0) is 29.6 Å². The van der Waals surface area contributed by atoms with Crippen LogP contribution in [0.25, 0.3) is 11.0 Å². The first-order chi connectivity index (χ1) is 8.81. The van der Waals surface area contributed by atoms with Crippen LogP contribution in [-0.2, 0) is 13.1 Å². The lowest BCUT2D eigenvalue weighted by atomic mass is 10.3. The van der Waals surface area contributed by atoms with E-state index in [2.05, 4.69) is 32.8 Å². The molecule has 3 aromatic rings. The first-order valence-corrected chi connectivity index (χ1v) is 6.94. The minimum Gasteiger partial charge on any atom is -0.341 e. The Labute approximate surface area is 114 Å². The van der Waals surface area contributed by atoms with Crippen molar-refractivity contribution in [1.29, 1.82) is 0 Å². The number of rotatable bonds is 4. The maximum atomic E-state index is 5.94. The minimum atomic E-state index is 0.726. The van der Waals surface area contributed by atoms with Crippen LogP contribution in [0.15, 0.2) is 35.7 Å². The zero-order chi connectivity index (χ0) is 12.4. The lowest BCUT2D eigenvalue weighted by Gasteiger charge is -1.99. The Kier molecular flexibility index (Phi) is 3.32. The molecule has 0 radical (unpaired) electrons. The maximum Gasteiger partial charge on any atom is 0.121 e. The maximum absolute atomic E-state index is 5.94. The summed E-state index contributed by atoms with van der Waals surface area (Å²) in [4.78, 5) is 9.09. The molecule has 0 bridgehead atoms. The van der Waals surface area contributed by atoms with Crippen LogP contribution >= 0.6 is 22.9 Å². The van der Waals surface area contributed by atoms with Gasteiger partial charge in [0.2, 0.25) is 0 Å². The van der Waals surface area contributed by atoms with E-state index >= 15 is 0 Å². The molecule has 5 heteroatoms. The third-order valence-corrected chi connectivity index (χ3v) is 3.78. The Morgan fingerprint density at radius 2 is 2.22 bits per heavy atom. The van der Waals surface area contributed by atoms with E-state index in [-0.39, 0.29) is 0 Å². The lowest BCUT2D eigenvalue weighted by molar-refractivity contribution is 0.677. The topological polar surface area (TPSA) is 40.7 Å². The molecule has 0 aliphatic carbocycles. The van der Waals surface area contributed by atoms with Gasteiger partial charge in [-0.2, -0.15) is 0 Å². The largest absolute Gasteiger partial charge is 0.341 e. The first kappa shape index (κ1) is 11.7. The minimum absolute atomic E-state index is 0.726. The number of thiophene rings is 1. The monoisotopic (exact) mass is 277 g/mol. The first-order valence-electron chi connectivity index (χ1n) is 5.68. The van der Waals surface area contributed by atoms with Crippen LogP contribution in [0.3, 0.4) is 0 Å². The molecule has 1 aromatic carbocycles. The Bertz CT molecular complexity index is 645. The van der Waals surface area contributed by atoms with E-state index in [0.717, 1.165) is 35.0 Å². The molecule has 3 nitrogen and oxygen atoms in total. The van der Waals surface area contributed by atoms with Crippen LogP contribution in [0.4, 0.5) is 0 Å². The Morgan fingerprint density at radius 3 is 3.06 bits per heavy atom. The molecule has 0 fully saturated rings. The molecule has 3 rings (SSSR count). The van der Waals surface area contributed by atoms with Gasteiger partial charge in [-0.1, -0.05) is 17.7 Å². The van der Waals surface area contributed by atoms with Crippen molar-refractivity contribution in [2.24, 2.45) is 0 Å². The van der Waals surface area contributed by atoms with Crippen molar-refractivity contribution in [3.8, 4) is 0 Å². The fourth-order valence-electron chi connectivity index (χ4n) is 1.84. The average Bonchev–Trinajstić information content (AvgIpc) is 2.97. The Balaban J connectivity index is 1.67. The summed E-state index contributed by atoms with van der Waals surface area (Å²) >= 11 is 7.69. The molecule has 0 aliphatic heterocycles. The zero-order valence-electron chi connectivity index (χ0n) is 9.61. The molecule has 0 spiro atoms. The second-order valence-electron chi connectivity index (χ2n) is 4.03. The molecule has 0 unspecified atom stereocenters. The summed E-state index contributed by atoms with van der Waals surface area (Å²) in [7, 11) is 0. The number of benzene rings is 1. The standard InChI is InChI=1S/C13H12ClN3S/c14-9-3-4-11-12(6-9)17-13(16-11)8-15-7-10-2-1-5-18-10/h1-6,15H,7-8H2,(H,16,17). The van der Waals surface area contributed by atoms with Gasteiger partial charge in [-0.3, -0.25) is 0 Å². The van der Waals surface area contributed by atoms with Crippen molar-refractivity contribution in [2.75, 3.05) is 0 Å². The number of nitrogens with one attached hydrogen (secondary N) is 2. The highest BCUT2D eigenvalue weighted by Crippen LogP contribution is 2.17. The van der Waals surface area contributed by atoms with Crippen molar-refractivity contribution in [2.45, 2.75) is 13.1 Å². The molecule has 92 valence electrons. The molecule has 2 N–H and O–H groups in total. The van der Waals surface area contributed by atoms with Gasteiger partial charge in [0.25, 0.3) is 0 Å². The number of imidazole rings is 1. The molecule has 0 saturated heterocycles. The van der Waals surface area contributed by atoms with Gasteiger partial charge < -0.3 is 10.3 Å². The van der Waals surface area contributed by atoms with Crippen LogP contribution in [0.5, 0.6) is 0 Å². The van der Waals surface area contributed by atoms with Crippen LogP contribution in [-0.4, -0.2) is 9.97 Å². The van der Waals surface area contributed by atoms with E-state index in [0.29, 0.717) is 0 Å². The summed E-state index contributed by atoms with van der Waals surface area (Å²) in [6.45, 7) is 1.60. The number of aromatic amines is 1. The van der Waals surface area contributed by atoms with E-state index < -0.39 is 0 Å². The summed E-state index contributed by atoms with van der Waals surface area (Å²) in [5.74, 6) is 0.934. The number of hydrogen-bond acceptors (Lipinski definition) is 3. The number of halogens is 1. The van der Waals surface area contributed by atoms with E-state index in [1.165, 1.54) is 4.88 Å². The van der Waals surface area contributed by atoms with Crippen molar-refractivity contribution < 1.29 is 0 Å². The predicted octanol–water partition coefficient (Wildman–Crippen LogP) is 3.57. The third kappa shape index (κ3) is 2.56. The van der Waals surface area contributed by atoms with Crippen molar-refractivity contribution >= 4 is 34.0 Å². The van der Waals surface area contributed by atoms with E-state index in [4.69, 9.17) is 11.6 Å². The molecule has 0 amide bonds. The number of hydrogen-bond donors (Lipinski definition) is 2. The molecule has 2 aromatic heterocycles. The molecule has 18 heavy (non-hydrogen) atoms. The number of nitrogens with zero attached hydrogens (tertiary/aromatic N) is 1. The van der Waals surface area contributed by atoms with E-state index in [9.17, 15) is 0 Å². The number of fused-ring (bicyclic) bond motifs is 1. The predicted molar refractivity (Wildman–Crippen MR) is 76.0 cm³/mol. The summed E-state index contributed by atoms with van der Waals surface area (Å²) in [5, 5.41) is 6.17. The van der Waals surface area contributed by atoms with Gasteiger partial charge in [0.05, 0.1) is 17.6 Å². The normalized spacial score (nSPS) is 11.2. The van der Waals surface area contributed by atoms with Gasteiger partial charge in [0.15, 0.2) is 0 Å². The van der Waals surface area contributed by atoms with Crippen molar-refractivity contribution in [3.05, 3.63) is 51.4 Å². The quantitative estimate of drug-likeness (QED) is 0.765. The van der Waals surface area contributed by atoms with Gasteiger partial charge in [-0.25, -0.2) is 4.98 Å². The fraction of sp³-hybridized carbons (Fsp3) is 0.154.